The van der Waals surface area contributed by atoms with Gasteiger partial charge in [-0.1, -0.05) is 32.0 Å². The Bertz CT molecular complexity index is 588. The van der Waals surface area contributed by atoms with Gasteiger partial charge in [0.2, 0.25) is 5.91 Å². The number of carbonyl (C=O) groups is 1. The van der Waals surface area contributed by atoms with Crippen LogP contribution in [0.3, 0.4) is 0 Å². The quantitative estimate of drug-likeness (QED) is 0.768. The number of rotatable bonds is 7. The highest BCUT2D eigenvalue weighted by Crippen LogP contribution is 2.15. The van der Waals surface area contributed by atoms with Gasteiger partial charge in [0.05, 0.1) is 5.92 Å². The molecule has 1 aromatic heterocycles. The van der Waals surface area contributed by atoms with Crippen molar-refractivity contribution in [3.8, 4) is 0 Å². The average molecular weight is 287 g/mol. The first-order valence-electron chi connectivity index (χ1n) is 7.65. The Morgan fingerprint density at radius 3 is 2.76 bits per heavy atom. The van der Waals surface area contributed by atoms with E-state index in [0.29, 0.717) is 13.1 Å². The molecule has 0 saturated carbocycles. The van der Waals surface area contributed by atoms with Gasteiger partial charge in [-0.05, 0) is 29.9 Å². The Balaban J connectivity index is 1.81. The predicted octanol–water partition coefficient (Wildman–Crippen LogP) is 2.38. The van der Waals surface area contributed by atoms with Crippen molar-refractivity contribution in [1.29, 1.82) is 0 Å². The summed E-state index contributed by atoms with van der Waals surface area (Å²) in [5.74, 6) is 0.269. The number of hydrogen-bond donors (Lipinski definition) is 2. The van der Waals surface area contributed by atoms with Crippen LogP contribution in [0.2, 0.25) is 0 Å². The van der Waals surface area contributed by atoms with Gasteiger partial charge in [0, 0.05) is 31.3 Å². The molecule has 0 radical (unpaired) electrons. The van der Waals surface area contributed by atoms with E-state index in [1.54, 1.807) is 0 Å². The third-order valence-electron chi connectivity index (χ3n) is 3.95. The lowest BCUT2D eigenvalue weighted by atomic mass is 9.95. The fourth-order valence-corrected chi connectivity index (χ4v) is 2.61. The summed E-state index contributed by atoms with van der Waals surface area (Å²) >= 11 is 0. The molecule has 0 spiro atoms. The monoisotopic (exact) mass is 287 g/mol. The van der Waals surface area contributed by atoms with Gasteiger partial charge in [0.1, 0.15) is 0 Å². The van der Waals surface area contributed by atoms with Crippen molar-refractivity contribution in [3.63, 3.8) is 0 Å². The van der Waals surface area contributed by atoms with Gasteiger partial charge in [0.25, 0.3) is 0 Å². The molecule has 1 amide bonds. The highest BCUT2D eigenvalue weighted by Gasteiger charge is 2.19. The smallest absolute Gasteiger partial charge is 0.224 e. The van der Waals surface area contributed by atoms with Gasteiger partial charge in [-0.3, -0.25) is 4.79 Å². The maximum Gasteiger partial charge on any atom is 0.224 e. The second-order valence-electron chi connectivity index (χ2n) is 5.80. The maximum atomic E-state index is 12.0. The second-order valence-corrected chi connectivity index (χ2v) is 5.80. The zero-order valence-electron chi connectivity index (χ0n) is 12.9. The number of aromatic nitrogens is 1. The minimum absolute atomic E-state index is 0.0739. The van der Waals surface area contributed by atoms with E-state index in [2.05, 4.69) is 40.3 Å². The number of fused-ring (bicyclic) bond motifs is 1. The molecular formula is C17H25N3O. The SMILES string of the molecule is CC(C)C(CN)C(=O)NCCCn1ccc2ccccc21. The molecule has 1 atom stereocenters. The van der Waals surface area contributed by atoms with Crippen molar-refractivity contribution in [2.45, 2.75) is 26.8 Å². The lowest BCUT2D eigenvalue weighted by Crippen LogP contribution is -2.38. The van der Waals surface area contributed by atoms with Gasteiger partial charge in [0.15, 0.2) is 0 Å². The minimum atomic E-state index is -0.0857. The first kappa shape index (κ1) is 15.6. The van der Waals surface area contributed by atoms with E-state index in [4.69, 9.17) is 5.73 Å². The van der Waals surface area contributed by atoms with Gasteiger partial charge >= 0.3 is 0 Å². The molecule has 0 fully saturated rings. The highest BCUT2D eigenvalue weighted by molar-refractivity contribution is 5.80. The molecule has 114 valence electrons. The fraction of sp³-hybridized carbons (Fsp3) is 0.471. The third-order valence-corrected chi connectivity index (χ3v) is 3.95. The average Bonchev–Trinajstić information content (AvgIpc) is 2.87. The molecule has 0 saturated heterocycles. The summed E-state index contributed by atoms with van der Waals surface area (Å²) < 4.78 is 2.23. The topological polar surface area (TPSA) is 60.1 Å². The van der Waals surface area contributed by atoms with E-state index in [0.717, 1.165) is 13.0 Å². The largest absolute Gasteiger partial charge is 0.356 e. The fourth-order valence-electron chi connectivity index (χ4n) is 2.61. The lowest BCUT2D eigenvalue weighted by Gasteiger charge is -2.18. The zero-order chi connectivity index (χ0) is 15.2. The van der Waals surface area contributed by atoms with Crippen molar-refractivity contribution < 1.29 is 4.79 Å². The molecule has 0 aliphatic carbocycles. The van der Waals surface area contributed by atoms with Crippen molar-refractivity contribution >= 4 is 16.8 Å². The van der Waals surface area contributed by atoms with Crippen LogP contribution in [0.25, 0.3) is 10.9 Å². The summed E-state index contributed by atoms with van der Waals surface area (Å²) in [6.07, 6.45) is 3.02. The first-order chi connectivity index (χ1) is 10.1. The summed E-state index contributed by atoms with van der Waals surface area (Å²) in [6, 6.07) is 10.5. The predicted molar refractivity (Wildman–Crippen MR) is 86.9 cm³/mol. The molecule has 4 heteroatoms. The van der Waals surface area contributed by atoms with E-state index in [1.807, 2.05) is 19.9 Å². The molecule has 3 N–H and O–H groups in total. The number of aryl methyl sites for hydroxylation is 1. The number of nitrogens with one attached hydrogen (secondary N) is 1. The first-order valence-corrected chi connectivity index (χ1v) is 7.65. The van der Waals surface area contributed by atoms with Crippen LogP contribution in [-0.4, -0.2) is 23.6 Å². The van der Waals surface area contributed by atoms with Crippen molar-refractivity contribution in [2.24, 2.45) is 17.6 Å². The Hall–Kier alpha value is -1.81. The number of nitrogens with zero attached hydrogens (tertiary/aromatic N) is 1. The highest BCUT2D eigenvalue weighted by atomic mass is 16.1. The van der Waals surface area contributed by atoms with E-state index >= 15 is 0 Å². The van der Waals surface area contributed by atoms with Gasteiger partial charge < -0.3 is 15.6 Å². The second kappa shape index (κ2) is 7.27. The molecule has 0 aliphatic rings. The lowest BCUT2D eigenvalue weighted by molar-refractivity contribution is -0.125. The number of nitrogens with two attached hydrogens (primary N) is 1. The summed E-state index contributed by atoms with van der Waals surface area (Å²) in [5, 5.41) is 4.25. The summed E-state index contributed by atoms with van der Waals surface area (Å²) in [6.45, 7) is 6.06. The standard InChI is InChI=1S/C17H25N3O/c1-13(2)15(12-18)17(21)19-9-5-10-20-11-8-14-6-3-4-7-16(14)20/h3-4,6-8,11,13,15H,5,9-10,12,18H2,1-2H3,(H,19,21). The van der Waals surface area contributed by atoms with Crippen LogP contribution in [0, 0.1) is 11.8 Å². The van der Waals surface area contributed by atoms with E-state index < -0.39 is 0 Å². The van der Waals surface area contributed by atoms with Crippen LogP contribution in [0.4, 0.5) is 0 Å². The van der Waals surface area contributed by atoms with Gasteiger partial charge in [-0.15, -0.1) is 0 Å². The van der Waals surface area contributed by atoms with E-state index in [-0.39, 0.29) is 17.7 Å². The molecule has 2 rings (SSSR count). The number of benzene rings is 1. The summed E-state index contributed by atoms with van der Waals surface area (Å²) in [5.41, 5.74) is 6.89. The normalized spacial score (nSPS) is 12.8. The molecule has 0 aliphatic heterocycles. The van der Waals surface area contributed by atoms with E-state index in [1.165, 1.54) is 10.9 Å². The van der Waals surface area contributed by atoms with Crippen LogP contribution < -0.4 is 11.1 Å². The van der Waals surface area contributed by atoms with Crippen LogP contribution >= 0.6 is 0 Å². The van der Waals surface area contributed by atoms with Crippen LogP contribution in [0.1, 0.15) is 20.3 Å². The van der Waals surface area contributed by atoms with Crippen LogP contribution in [-0.2, 0) is 11.3 Å². The van der Waals surface area contributed by atoms with E-state index in [9.17, 15) is 4.79 Å². The van der Waals surface area contributed by atoms with Gasteiger partial charge in [-0.2, -0.15) is 0 Å². The molecule has 1 heterocycles. The van der Waals surface area contributed by atoms with Crippen LogP contribution in [0.5, 0.6) is 0 Å². The van der Waals surface area contributed by atoms with Crippen LogP contribution in [0.15, 0.2) is 36.5 Å². The molecule has 1 aromatic carbocycles. The van der Waals surface area contributed by atoms with Crippen molar-refractivity contribution in [1.82, 2.24) is 9.88 Å². The number of hydrogen-bond acceptors (Lipinski definition) is 2. The molecule has 21 heavy (non-hydrogen) atoms. The molecule has 4 nitrogen and oxygen atoms in total. The van der Waals surface area contributed by atoms with Crippen molar-refractivity contribution in [2.75, 3.05) is 13.1 Å². The Morgan fingerprint density at radius 2 is 2.05 bits per heavy atom. The summed E-state index contributed by atoms with van der Waals surface area (Å²) in [4.78, 5) is 12.0. The third kappa shape index (κ3) is 3.85. The van der Waals surface area contributed by atoms with Gasteiger partial charge in [-0.25, -0.2) is 0 Å². The Labute approximate surface area is 126 Å². The maximum absolute atomic E-state index is 12.0. The Morgan fingerprint density at radius 1 is 1.29 bits per heavy atom. The number of carbonyl (C=O) groups excluding carboxylic acids is 1. The molecule has 2 aromatic rings. The zero-order valence-corrected chi connectivity index (χ0v) is 12.9. The molecule has 0 bridgehead atoms. The number of para-hydroxylation sites is 1. The summed E-state index contributed by atoms with van der Waals surface area (Å²) in [7, 11) is 0. The molecular weight excluding hydrogens is 262 g/mol. The van der Waals surface area contributed by atoms with Crippen molar-refractivity contribution in [3.05, 3.63) is 36.5 Å². The number of amides is 1. The molecule has 1 unspecified atom stereocenters. The Kier molecular flexibility index (Phi) is 5.39. The minimum Gasteiger partial charge on any atom is -0.356 e.